The maximum Gasteiger partial charge on any atom is 0.248 e. The van der Waals surface area contributed by atoms with Crippen LogP contribution in [-0.2, 0) is 11.4 Å². The molecule has 2 N–H and O–H groups in total. The first-order valence-electron chi connectivity index (χ1n) is 14.2. The molecule has 9 nitrogen and oxygen atoms in total. The van der Waals surface area contributed by atoms with E-state index in [1.807, 2.05) is 42.5 Å². The van der Waals surface area contributed by atoms with E-state index in [2.05, 4.69) is 37.5 Å². The Labute approximate surface area is 249 Å². The summed E-state index contributed by atoms with van der Waals surface area (Å²) in [5.74, 6) is 1.95. The normalized spacial score (nSPS) is 17.0. The highest BCUT2D eigenvalue weighted by Gasteiger charge is 2.25. The number of carbonyl (C=O) groups is 1. The number of amides is 1. The first-order chi connectivity index (χ1) is 20.5. The third-order valence-corrected chi connectivity index (χ3v) is 7.81. The maximum atomic E-state index is 13.0. The van der Waals surface area contributed by atoms with Gasteiger partial charge in [-0.25, -0.2) is 9.97 Å². The average Bonchev–Trinajstić information content (AvgIpc) is 3.74. The van der Waals surface area contributed by atoms with Crippen LogP contribution in [0.5, 0.6) is 11.5 Å². The fourth-order valence-electron chi connectivity index (χ4n) is 4.97. The zero-order valence-corrected chi connectivity index (χ0v) is 24.2. The van der Waals surface area contributed by atoms with Gasteiger partial charge in [0.1, 0.15) is 24.5 Å². The van der Waals surface area contributed by atoms with Crippen LogP contribution in [-0.4, -0.2) is 52.0 Å². The molecule has 1 saturated carbocycles. The fraction of sp³-hybridized carbons (Fsp3) is 0.312. The predicted molar refractivity (Wildman–Crippen MR) is 164 cm³/mol. The van der Waals surface area contributed by atoms with E-state index in [1.165, 1.54) is 6.33 Å². The number of nitrogens with zero attached hydrogens (tertiary/aromatic N) is 4. The first-order valence-corrected chi connectivity index (χ1v) is 14.6. The molecule has 42 heavy (non-hydrogen) atoms. The van der Waals surface area contributed by atoms with Gasteiger partial charge in [-0.05, 0) is 87.7 Å². The summed E-state index contributed by atoms with van der Waals surface area (Å²) < 4.78 is 12.2. The van der Waals surface area contributed by atoms with Gasteiger partial charge in [0.25, 0.3) is 0 Å². The third-order valence-electron chi connectivity index (χ3n) is 7.52. The quantitative estimate of drug-likeness (QED) is 0.196. The Hall–Kier alpha value is -4.21. The van der Waals surface area contributed by atoms with Crippen LogP contribution in [0.25, 0.3) is 10.9 Å². The fourth-order valence-corrected chi connectivity index (χ4v) is 5.21. The molecule has 1 atom stereocenters. The smallest absolute Gasteiger partial charge is 0.248 e. The van der Waals surface area contributed by atoms with Crippen molar-refractivity contribution in [2.24, 2.45) is 5.92 Å². The lowest BCUT2D eigenvalue weighted by molar-refractivity contribution is -0.112. The molecular weight excluding hydrogens is 552 g/mol. The number of fused-ring (bicyclic) bond motifs is 1. The van der Waals surface area contributed by atoms with E-state index < -0.39 is 0 Å². The van der Waals surface area contributed by atoms with Gasteiger partial charge in [0.2, 0.25) is 5.91 Å². The molecule has 10 heteroatoms. The maximum absolute atomic E-state index is 13.0. The number of aromatic nitrogens is 3. The van der Waals surface area contributed by atoms with Gasteiger partial charge in [-0.15, -0.1) is 0 Å². The molecule has 2 aliphatic rings. The summed E-state index contributed by atoms with van der Waals surface area (Å²) in [6.07, 6.45) is 11.3. The highest BCUT2D eigenvalue weighted by atomic mass is 35.5. The standard InChI is InChI=1S/C32H33ClN6O3/c1-39-16-4-6-24(39)10-14-29(40)38-27-12-11-26-30(31(27)42-18-21-7-8-21)32(36-20-35-26)37-22-9-13-28(25(33)17-22)41-19-23-5-2-3-15-34-23/h2-3,5,9-15,17,20-21,24H,4,6-8,16,18-19H2,1H3,(H,38,40)(H,35,36,37)/b14-10+/t24-/m1/s1. The van der Waals surface area contributed by atoms with Gasteiger partial charge in [-0.1, -0.05) is 23.7 Å². The molecule has 1 aliphatic heterocycles. The number of benzene rings is 2. The Morgan fingerprint density at radius 3 is 2.76 bits per heavy atom. The monoisotopic (exact) mass is 584 g/mol. The van der Waals surface area contributed by atoms with Gasteiger partial charge in [-0.3, -0.25) is 14.7 Å². The van der Waals surface area contributed by atoms with E-state index in [1.54, 1.807) is 24.4 Å². The number of rotatable bonds is 11. The molecule has 0 radical (unpaired) electrons. The van der Waals surface area contributed by atoms with E-state index in [4.69, 9.17) is 21.1 Å². The number of hydrogen-bond acceptors (Lipinski definition) is 8. The van der Waals surface area contributed by atoms with Gasteiger partial charge in [-0.2, -0.15) is 0 Å². The molecule has 1 saturated heterocycles. The van der Waals surface area contributed by atoms with Crippen molar-refractivity contribution in [1.82, 2.24) is 19.9 Å². The minimum Gasteiger partial charge on any atom is -0.490 e. The Kier molecular flexibility index (Phi) is 8.48. The van der Waals surface area contributed by atoms with Gasteiger partial charge < -0.3 is 20.1 Å². The van der Waals surface area contributed by atoms with Crippen molar-refractivity contribution < 1.29 is 14.3 Å². The summed E-state index contributed by atoms with van der Waals surface area (Å²) in [5, 5.41) is 7.52. The largest absolute Gasteiger partial charge is 0.490 e. The Morgan fingerprint density at radius 1 is 1.10 bits per heavy atom. The van der Waals surface area contributed by atoms with Gasteiger partial charge in [0.05, 0.1) is 33.9 Å². The lowest BCUT2D eigenvalue weighted by Gasteiger charge is -2.17. The van der Waals surface area contributed by atoms with Crippen molar-refractivity contribution in [2.75, 3.05) is 30.8 Å². The third kappa shape index (κ3) is 6.80. The van der Waals surface area contributed by atoms with E-state index in [0.29, 0.717) is 58.1 Å². The number of pyridine rings is 1. The second-order valence-corrected chi connectivity index (χ2v) is 11.1. The highest BCUT2D eigenvalue weighted by Crippen LogP contribution is 2.40. The van der Waals surface area contributed by atoms with Gasteiger partial charge in [0, 0.05) is 24.0 Å². The second-order valence-electron chi connectivity index (χ2n) is 10.7. The molecule has 1 aliphatic carbocycles. The highest BCUT2D eigenvalue weighted by molar-refractivity contribution is 6.32. The Balaban J connectivity index is 1.25. The molecule has 0 bridgehead atoms. The number of halogens is 1. The van der Waals surface area contributed by atoms with Crippen LogP contribution in [0.3, 0.4) is 0 Å². The van der Waals surface area contributed by atoms with Gasteiger partial charge in [0.15, 0.2) is 5.75 Å². The SMILES string of the molecule is CN1CCC[C@@H]1/C=C/C(=O)Nc1ccc2ncnc(Nc3ccc(OCc4ccccn4)c(Cl)c3)c2c1OCC1CC1. The van der Waals surface area contributed by atoms with Crippen molar-refractivity contribution in [3.8, 4) is 11.5 Å². The van der Waals surface area contributed by atoms with Crippen molar-refractivity contribution >= 4 is 45.6 Å². The first kappa shape index (κ1) is 27.9. The number of ether oxygens (including phenoxy) is 2. The molecule has 216 valence electrons. The zero-order valence-electron chi connectivity index (χ0n) is 23.4. The molecule has 1 amide bonds. The predicted octanol–water partition coefficient (Wildman–Crippen LogP) is 6.38. The van der Waals surface area contributed by atoms with Crippen molar-refractivity contribution in [1.29, 1.82) is 0 Å². The van der Waals surface area contributed by atoms with Crippen LogP contribution in [0, 0.1) is 5.92 Å². The van der Waals surface area contributed by atoms with E-state index in [9.17, 15) is 4.79 Å². The average molecular weight is 585 g/mol. The molecule has 4 aromatic rings. The number of likely N-dealkylation sites (N-methyl/N-ethyl adjacent to an activating group) is 1. The Morgan fingerprint density at radius 2 is 2.00 bits per heavy atom. The number of carbonyl (C=O) groups excluding carboxylic acids is 1. The van der Waals surface area contributed by atoms with Crippen molar-refractivity contribution in [2.45, 2.75) is 38.3 Å². The van der Waals surface area contributed by atoms with E-state index in [0.717, 1.165) is 43.6 Å². The van der Waals surface area contributed by atoms with Crippen LogP contribution in [0.4, 0.5) is 17.2 Å². The molecule has 6 rings (SSSR count). The molecule has 2 aromatic heterocycles. The van der Waals surface area contributed by atoms with E-state index >= 15 is 0 Å². The zero-order chi connectivity index (χ0) is 28.9. The summed E-state index contributed by atoms with van der Waals surface area (Å²) in [7, 11) is 2.08. The number of hydrogen-bond donors (Lipinski definition) is 2. The van der Waals surface area contributed by atoms with Crippen LogP contribution in [0.2, 0.25) is 5.02 Å². The number of likely N-dealkylation sites (tertiary alicyclic amines) is 1. The van der Waals surface area contributed by atoms with Crippen LogP contribution >= 0.6 is 11.6 Å². The van der Waals surface area contributed by atoms with Crippen molar-refractivity contribution in [3.63, 3.8) is 0 Å². The summed E-state index contributed by atoms with van der Waals surface area (Å²) in [5.41, 5.74) is 2.80. The van der Waals surface area contributed by atoms with Crippen LogP contribution in [0.1, 0.15) is 31.4 Å². The number of anilines is 3. The molecule has 2 fully saturated rings. The van der Waals surface area contributed by atoms with Gasteiger partial charge >= 0.3 is 0 Å². The lowest BCUT2D eigenvalue weighted by atomic mass is 10.1. The van der Waals surface area contributed by atoms with Crippen molar-refractivity contribution in [3.05, 3.63) is 83.9 Å². The summed E-state index contributed by atoms with van der Waals surface area (Å²) in [4.78, 5) is 28.5. The molecule has 2 aromatic carbocycles. The topological polar surface area (TPSA) is 102 Å². The van der Waals surface area contributed by atoms with Crippen LogP contribution in [0.15, 0.2) is 73.2 Å². The summed E-state index contributed by atoms with van der Waals surface area (Å²) >= 11 is 6.57. The molecule has 3 heterocycles. The Bertz CT molecular complexity index is 1590. The lowest BCUT2D eigenvalue weighted by Crippen LogP contribution is -2.23. The minimum atomic E-state index is -0.203. The molecule has 0 spiro atoms. The summed E-state index contributed by atoms with van der Waals surface area (Å²) in [6.45, 7) is 1.92. The van der Waals surface area contributed by atoms with Crippen LogP contribution < -0.4 is 20.1 Å². The second kappa shape index (κ2) is 12.8. The van der Waals surface area contributed by atoms with E-state index in [-0.39, 0.29) is 11.9 Å². The summed E-state index contributed by atoms with van der Waals surface area (Å²) in [6, 6.07) is 15.1. The molecular formula is C32H33ClN6O3. The number of nitrogens with one attached hydrogen (secondary N) is 2. The molecule has 0 unspecified atom stereocenters. The minimum absolute atomic E-state index is 0.203.